The summed E-state index contributed by atoms with van der Waals surface area (Å²) >= 11 is 1.26. The van der Waals surface area contributed by atoms with E-state index < -0.39 is 5.97 Å². The zero-order valence-electron chi connectivity index (χ0n) is 15.0. The maximum Gasteiger partial charge on any atom is 0.350 e. The number of benzene rings is 2. The molecule has 1 aliphatic heterocycles. The molecule has 1 aromatic heterocycles. The first-order valence-electron chi connectivity index (χ1n) is 8.71. The second kappa shape index (κ2) is 7.36. The molecule has 140 valence electrons. The van der Waals surface area contributed by atoms with Gasteiger partial charge in [-0.25, -0.2) is 9.78 Å². The smallest absolute Gasteiger partial charge is 0.350 e. The van der Waals surface area contributed by atoms with Gasteiger partial charge < -0.3 is 4.74 Å². The number of amides is 2. The van der Waals surface area contributed by atoms with Crippen LogP contribution < -0.4 is 0 Å². The molecule has 7 heteroatoms. The van der Waals surface area contributed by atoms with Gasteiger partial charge in [0.1, 0.15) is 11.5 Å². The molecule has 0 spiro atoms. The van der Waals surface area contributed by atoms with E-state index in [4.69, 9.17) is 4.74 Å². The molecule has 0 saturated carbocycles. The van der Waals surface area contributed by atoms with Gasteiger partial charge in [-0.3, -0.25) is 14.5 Å². The average molecular weight is 392 g/mol. The van der Waals surface area contributed by atoms with Gasteiger partial charge in [-0.2, -0.15) is 0 Å². The maximum atomic E-state index is 12.6. The Morgan fingerprint density at radius 2 is 1.61 bits per heavy atom. The molecule has 0 saturated heterocycles. The van der Waals surface area contributed by atoms with Gasteiger partial charge in [0.15, 0.2) is 0 Å². The number of imide groups is 1. The summed E-state index contributed by atoms with van der Waals surface area (Å²) in [5.41, 5.74) is 2.17. The van der Waals surface area contributed by atoms with Crippen LogP contribution in [0.15, 0.2) is 54.6 Å². The zero-order chi connectivity index (χ0) is 19.7. The standard InChI is InChI=1S/C21H16N2O4S/c1-13-22-17(14-7-3-2-4-8-14)18(28-13)21(26)27-12-11-23-19(24)15-9-5-6-10-16(15)20(23)25/h2-10H,11-12H2,1H3. The Bertz CT molecular complexity index is 1040. The number of carbonyl (C=O) groups is 3. The number of fused-ring (bicyclic) bond motifs is 1. The Kier molecular flexibility index (Phi) is 4.75. The molecule has 4 rings (SSSR count). The number of ether oxygens (including phenoxy) is 1. The van der Waals surface area contributed by atoms with E-state index in [-0.39, 0.29) is 25.0 Å². The third-order valence-electron chi connectivity index (χ3n) is 4.39. The first kappa shape index (κ1) is 18.1. The van der Waals surface area contributed by atoms with Gasteiger partial charge in [0.2, 0.25) is 0 Å². The van der Waals surface area contributed by atoms with E-state index in [2.05, 4.69) is 4.98 Å². The lowest BCUT2D eigenvalue weighted by Crippen LogP contribution is -2.33. The largest absolute Gasteiger partial charge is 0.460 e. The number of hydrogen-bond acceptors (Lipinski definition) is 6. The molecular formula is C21H16N2O4S. The Morgan fingerprint density at radius 3 is 2.25 bits per heavy atom. The van der Waals surface area contributed by atoms with Crippen LogP contribution in [-0.2, 0) is 4.74 Å². The van der Waals surface area contributed by atoms with Crippen molar-refractivity contribution in [2.45, 2.75) is 6.92 Å². The normalized spacial score (nSPS) is 13.0. The summed E-state index contributed by atoms with van der Waals surface area (Å²) < 4.78 is 5.35. The first-order chi connectivity index (χ1) is 13.6. The van der Waals surface area contributed by atoms with E-state index in [1.807, 2.05) is 37.3 Å². The lowest BCUT2D eigenvalue weighted by atomic mass is 10.1. The first-order valence-corrected chi connectivity index (χ1v) is 9.53. The fourth-order valence-corrected chi connectivity index (χ4v) is 3.93. The fourth-order valence-electron chi connectivity index (χ4n) is 3.09. The van der Waals surface area contributed by atoms with Gasteiger partial charge in [-0.15, -0.1) is 11.3 Å². The van der Waals surface area contributed by atoms with Crippen molar-refractivity contribution in [3.63, 3.8) is 0 Å². The quantitative estimate of drug-likeness (QED) is 0.490. The van der Waals surface area contributed by atoms with Gasteiger partial charge in [0.25, 0.3) is 11.8 Å². The SMILES string of the molecule is Cc1nc(-c2ccccc2)c(C(=O)OCCN2C(=O)c3ccccc3C2=O)s1. The van der Waals surface area contributed by atoms with Crippen LogP contribution in [0.1, 0.15) is 35.4 Å². The van der Waals surface area contributed by atoms with E-state index in [1.165, 1.54) is 11.3 Å². The van der Waals surface area contributed by atoms with Crippen molar-refractivity contribution in [3.05, 3.63) is 75.6 Å². The maximum absolute atomic E-state index is 12.6. The van der Waals surface area contributed by atoms with Crippen molar-refractivity contribution < 1.29 is 19.1 Å². The molecule has 3 aromatic rings. The van der Waals surface area contributed by atoms with Gasteiger partial charge >= 0.3 is 5.97 Å². The number of thiazole rings is 1. The van der Waals surface area contributed by atoms with Crippen LogP contribution >= 0.6 is 11.3 Å². The zero-order valence-corrected chi connectivity index (χ0v) is 15.9. The molecule has 0 unspecified atom stereocenters. The number of aryl methyl sites for hydroxylation is 1. The molecule has 2 aromatic carbocycles. The fraction of sp³-hybridized carbons (Fsp3) is 0.143. The van der Waals surface area contributed by atoms with Crippen LogP contribution in [0.4, 0.5) is 0 Å². The lowest BCUT2D eigenvalue weighted by molar-refractivity contribution is 0.0425. The summed E-state index contributed by atoms with van der Waals surface area (Å²) in [4.78, 5) is 43.2. The van der Waals surface area contributed by atoms with E-state index in [9.17, 15) is 14.4 Å². The lowest BCUT2D eigenvalue weighted by Gasteiger charge is -2.13. The van der Waals surface area contributed by atoms with Gasteiger partial charge in [0, 0.05) is 5.56 Å². The van der Waals surface area contributed by atoms with Gasteiger partial charge in [-0.05, 0) is 19.1 Å². The molecule has 0 aliphatic carbocycles. The summed E-state index contributed by atoms with van der Waals surface area (Å²) in [6.45, 7) is 1.76. The number of carbonyl (C=O) groups excluding carboxylic acids is 3. The minimum Gasteiger partial charge on any atom is -0.460 e. The van der Waals surface area contributed by atoms with Crippen molar-refractivity contribution in [2.75, 3.05) is 13.2 Å². The van der Waals surface area contributed by atoms with Crippen LogP contribution in [-0.4, -0.2) is 40.8 Å². The number of rotatable bonds is 5. The second-order valence-corrected chi connectivity index (χ2v) is 7.42. The predicted molar refractivity (Wildman–Crippen MR) is 104 cm³/mol. The van der Waals surface area contributed by atoms with E-state index in [1.54, 1.807) is 24.3 Å². The summed E-state index contributed by atoms with van der Waals surface area (Å²) in [5.74, 6) is -1.24. The van der Waals surface area contributed by atoms with Crippen molar-refractivity contribution >= 4 is 29.1 Å². The Morgan fingerprint density at radius 1 is 1.00 bits per heavy atom. The highest BCUT2D eigenvalue weighted by atomic mass is 32.1. The Labute approximate surface area is 165 Å². The van der Waals surface area contributed by atoms with Crippen molar-refractivity contribution in [1.82, 2.24) is 9.88 Å². The number of hydrogen-bond donors (Lipinski definition) is 0. The second-order valence-electron chi connectivity index (χ2n) is 6.22. The predicted octanol–water partition coefficient (Wildman–Crippen LogP) is 3.57. The van der Waals surface area contributed by atoms with E-state index in [0.717, 1.165) is 15.5 Å². The molecule has 1 aliphatic rings. The van der Waals surface area contributed by atoms with Crippen molar-refractivity contribution in [2.24, 2.45) is 0 Å². The van der Waals surface area contributed by atoms with Crippen LogP contribution in [0, 0.1) is 6.92 Å². The molecule has 28 heavy (non-hydrogen) atoms. The average Bonchev–Trinajstić information content (AvgIpc) is 3.22. The summed E-state index contributed by atoms with van der Waals surface area (Å²) in [7, 11) is 0. The highest BCUT2D eigenvalue weighted by Crippen LogP contribution is 2.28. The van der Waals surface area contributed by atoms with E-state index >= 15 is 0 Å². The number of aromatic nitrogens is 1. The Hall–Kier alpha value is -3.32. The molecule has 0 fully saturated rings. The van der Waals surface area contributed by atoms with Crippen LogP contribution in [0.5, 0.6) is 0 Å². The molecule has 0 bridgehead atoms. The van der Waals surface area contributed by atoms with Gasteiger partial charge in [-0.1, -0.05) is 42.5 Å². The minimum absolute atomic E-state index is 0.0105. The third kappa shape index (κ3) is 3.20. The summed E-state index contributed by atoms with van der Waals surface area (Å²) in [6.07, 6.45) is 0. The highest BCUT2D eigenvalue weighted by molar-refractivity contribution is 7.14. The highest BCUT2D eigenvalue weighted by Gasteiger charge is 2.35. The number of esters is 1. The Balaban J connectivity index is 1.44. The molecule has 2 amide bonds. The molecule has 2 heterocycles. The summed E-state index contributed by atoms with van der Waals surface area (Å²) in [6, 6.07) is 16.1. The molecular weight excluding hydrogens is 376 g/mol. The van der Waals surface area contributed by atoms with Crippen LogP contribution in [0.2, 0.25) is 0 Å². The summed E-state index contributed by atoms with van der Waals surface area (Å²) in [5, 5.41) is 0.756. The van der Waals surface area contributed by atoms with Gasteiger partial charge in [0.05, 0.1) is 28.4 Å². The molecule has 0 N–H and O–H groups in total. The van der Waals surface area contributed by atoms with Crippen LogP contribution in [0.25, 0.3) is 11.3 Å². The van der Waals surface area contributed by atoms with Crippen molar-refractivity contribution in [1.29, 1.82) is 0 Å². The monoisotopic (exact) mass is 392 g/mol. The molecule has 0 radical (unpaired) electrons. The third-order valence-corrected chi connectivity index (χ3v) is 5.34. The molecule has 0 atom stereocenters. The van der Waals surface area contributed by atoms with Crippen LogP contribution in [0.3, 0.4) is 0 Å². The van der Waals surface area contributed by atoms with Crippen molar-refractivity contribution in [3.8, 4) is 11.3 Å². The topological polar surface area (TPSA) is 76.6 Å². The minimum atomic E-state index is -0.513. The van der Waals surface area contributed by atoms with E-state index in [0.29, 0.717) is 21.7 Å². The molecule has 6 nitrogen and oxygen atoms in total. The number of nitrogens with zero attached hydrogens (tertiary/aromatic N) is 2.